The third kappa shape index (κ3) is 2.36. The van der Waals surface area contributed by atoms with Crippen molar-refractivity contribution < 1.29 is 19.0 Å². The van der Waals surface area contributed by atoms with Gasteiger partial charge in [0.2, 0.25) is 0 Å². The number of rotatable bonds is 4. The average Bonchev–Trinajstić information content (AvgIpc) is 2.30. The standard InChI is InChI=1S/C13H19FO3/c1-8-9(13(2,3)7-15)6-10(14)12(17-5)11(8)16-4/h6,15H,7H2,1-5H3. The zero-order chi connectivity index (χ0) is 13.2. The molecule has 1 N–H and O–H groups in total. The van der Waals surface area contributed by atoms with Crippen LogP contribution in [-0.4, -0.2) is 25.9 Å². The fourth-order valence-electron chi connectivity index (χ4n) is 1.93. The van der Waals surface area contributed by atoms with Crippen molar-refractivity contribution in [3.05, 3.63) is 23.0 Å². The van der Waals surface area contributed by atoms with Gasteiger partial charge in [-0.2, -0.15) is 0 Å². The fraction of sp³-hybridized carbons (Fsp3) is 0.538. The van der Waals surface area contributed by atoms with Gasteiger partial charge in [-0.1, -0.05) is 13.8 Å². The number of aliphatic hydroxyl groups excluding tert-OH is 1. The lowest BCUT2D eigenvalue weighted by atomic mass is 9.82. The van der Waals surface area contributed by atoms with E-state index >= 15 is 0 Å². The summed E-state index contributed by atoms with van der Waals surface area (Å²) in [5.74, 6) is -0.00186. The summed E-state index contributed by atoms with van der Waals surface area (Å²) in [6.07, 6.45) is 0. The van der Waals surface area contributed by atoms with Crippen LogP contribution in [0.15, 0.2) is 6.07 Å². The van der Waals surface area contributed by atoms with Crippen LogP contribution in [0.5, 0.6) is 11.5 Å². The Morgan fingerprint density at radius 2 is 1.76 bits per heavy atom. The van der Waals surface area contributed by atoms with Gasteiger partial charge in [0.05, 0.1) is 20.8 Å². The molecule has 0 aliphatic carbocycles. The van der Waals surface area contributed by atoms with Gasteiger partial charge in [0, 0.05) is 5.41 Å². The number of benzene rings is 1. The SMILES string of the molecule is COc1c(F)cc(C(C)(C)CO)c(C)c1OC. The summed E-state index contributed by atoms with van der Waals surface area (Å²) in [7, 11) is 2.87. The molecule has 1 aromatic carbocycles. The van der Waals surface area contributed by atoms with Crippen molar-refractivity contribution >= 4 is 0 Å². The van der Waals surface area contributed by atoms with Gasteiger partial charge >= 0.3 is 0 Å². The first-order valence-corrected chi connectivity index (χ1v) is 5.41. The van der Waals surface area contributed by atoms with E-state index in [2.05, 4.69) is 0 Å². The fourth-order valence-corrected chi connectivity index (χ4v) is 1.93. The zero-order valence-electron chi connectivity index (χ0n) is 10.9. The molecule has 0 heterocycles. The molecule has 17 heavy (non-hydrogen) atoms. The van der Waals surface area contributed by atoms with Crippen molar-refractivity contribution in [3.63, 3.8) is 0 Å². The minimum atomic E-state index is -0.523. The number of methoxy groups -OCH3 is 2. The Bertz CT molecular complexity index is 414. The average molecular weight is 242 g/mol. The number of hydrogen-bond acceptors (Lipinski definition) is 3. The topological polar surface area (TPSA) is 38.7 Å². The lowest BCUT2D eigenvalue weighted by Crippen LogP contribution is -2.24. The summed E-state index contributed by atoms with van der Waals surface area (Å²) in [5.41, 5.74) is 0.977. The lowest BCUT2D eigenvalue weighted by molar-refractivity contribution is 0.216. The highest BCUT2D eigenvalue weighted by atomic mass is 19.1. The van der Waals surface area contributed by atoms with E-state index in [1.807, 2.05) is 20.8 Å². The van der Waals surface area contributed by atoms with Crippen molar-refractivity contribution in [2.24, 2.45) is 0 Å². The van der Waals surface area contributed by atoms with Crippen molar-refractivity contribution in [2.75, 3.05) is 20.8 Å². The van der Waals surface area contributed by atoms with E-state index in [1.165, 1.54) is 20.3 Å². The molecule has 0 radical (unpaired) electrons. The molecule has 0 aliphatic rings. The number of ether oxygens (including phenoxy) is 2. The molecule has 0 amide bonds. The predicted octanol–water partition coefficient (Wildman–Crippen LogP) is 2.42. The molecule has 96 valence electrons. The molecule has 3 nitrogen and oxygen atoms in total. The normalized spacial score (nSPS) is 11.5. The smallest absolute Gasteiger partial charge is 0.197 e. The first-order valence-electron chi connectivity index (χ1n) is 5.41. The van der Waals surface area contributed by atoms with E-state index in [9.17, 15) is 9.50 Å². The van der Waals surface area contributed by atoms with Gasteiger partial charge in [0.25, 0.3) is 0 Å². The van der Waals surface area contributed by atoms with Gasteiger partial charge in [0.1, 0.15) is 0 Å². The van der Waals surface area contributed by atoms with Crippen LogP contribution in [0.4, 0.5) is 4.39 Å². The molecular formula is C13H19FO3. The van der Waals surface area contributed by atoms with E-state index in [-0.39, 0.29) is 12.4 Å². The lowest BCUT2D eigenvalue weighted by Gasteiger charge is -2.26. The molecule has 0 fully saturated rings. The van der Waals surface area contributed by atoms with Gasteiger partial charge in [-0.3, -0.25) is 0 Å². The summed E-state index contributed by atoms with van der Waals surface area (Å²) in [4.78, 5) is 0. The van der Waals surface area contributed by atoms with E-state index in [0.29, 0.717) is 5.75 Å². The van der Waals surface area contributed by atoms with Crippen LogP contribution >= 0.6 is 0 Å². The molecular weight excluding hydrogens is 223 g/mol. The number of hydrogen-bond donors (Lipinski definition) is 1. The minimum absolute atomic E-state index is 0.0667. The third-order valence-electron chi connectivity index (χ3n) is 2.97. The summed E-state index contributed by atoms with van der Waals surface area (Å²) < 4.78 is 24.0. The molecule has 0 spiro atoms. The summed E-state index contributed by atoms with van der Waals surface area (Å²) in [6.45, 7) is 5.46. The van der Waals surface area contributed by atoms with Crippen molar-refractivity contribution in [3.8, 4) is 11.5 Å². The Morgan fingerprint density at radius 1 is 1.24 bits per heavy atom. The van der Waals surface area contributed by atoms with Crippen LogP contribution in [0.2, 0.25) is 0 Å². The molecule has 0 bridgehead atoms. The Labute approximate surface area is 101 Å². The highest BCUT2D eigenvalue weighted by Gasteiger charge is 2.27. The molecule has 0 saturated heterocycles. The summed E-state index contributed by atoms with van der Waals surface area (Å²) in [6, 6.07) is 1.40. The Morgan fingerprint density at radius 3 is 2.18 bits per heavy atom. The third-order valence-corrected chi connectivity index (χ3v) is 2.97. The minimum Gasteiger partial charge on any atom is -0.492 e. The van der Waals surface area contributed by atoms with E-state index in [0.717, 1.165) is 11.1 Å². The van der Waals surface area contributed by atoms with E-state index < -0.39 is 11.2 Å². The highest BCUT2D eigenvalue weighted by Crippen LogP contribution is 2.39. The molecule has 4 heteroatoms. The molecule has 0 aliphatic heterocycles. The predicted molar refractivity (Wildman–Crippen MR) is 64.4 cm³/mol. The van der Waals surface area contributed by atoms with Crippen LogP contribution in [0, 0.1) is 12.7 Å². The van der Waals surface area contributed by atoms with Gasteiger partial charge in [-0.05, 0) is 24.1 Å². The molecule has 0 aromatic heterocycles. The van der Waals surface area contributed by atoms with Gasteiger partial charge in [-0.15, -0.1) is 0 Å². The largest absolute Gasteiger partial charge is 0.492 e. The molecule has 0 unspecified atom stereocenters. The highest BCUT2D eigenvalue weighted by molar-refractivity contribution is 5.53. The number of aliphatic hydroxyl groups is 1. The first-order chi connectivity index (χ1) is 7.88. The number of halogens is 1. The van der Waals surface area contributed by atoms with Gasteiger partial charge < -0.3 is 14.6 Å². The molecule has 1 aromatic rings. The van der Waals surface area contributed by atoms with E-state index in [1.54, 1.807) is 0 Å². The summed E-state index contributed by atoms with van der Waals surface area (Å²) >= 11 is 0. The maximum absolute atomic E-state index is 13.9. The second-order valence-electron chi connectivity index (χ2n) is 4.64. The molecule has 0 atom stereocenters. The zero-order valence-corrected chi connectivity index (χ0v) is 10.9. The second kappa shape index (κ2) is 4.92. The quantitative estimate of drug-likeness (QED) is 0.881. The molecule has 1 rings (SSSR count). The van der Waals surface area contributed by atoms with Crippen LogP contribution in [0.3, 0.4) is 0 Å². The van der Waals surface area contributed by atoms with E-state index in [4.69, 9.17) is 9.47 Å². The Hall–Kier alpha value is -1.29. The first kappa shape index (κ1) is 13.8. The Kier molecular flexibility index (Phi) is 3.98. The van der Waals surface area contributed by atoms with Crippen molar-refractivity contribution in [2.45, 2.75) is 26.2 Å². The van der Waals surface area contributed by atoms with Crippen molar-refractivity contribution in [1.29, 1.82) is 0 Å². The maximum atomic E-state index is 13.9. The van der Waals surface area contributed by atoms with Crippen LogP contribution in [0.25, 0.3) is 0 Å². The second-order valence-corrected chi connectivity index (χ2v) is 4.64. The summed E-state index contributed by atoms with van der Waals surface area (Å²) in [5, 5.41) is 9.36. The van der Waals surface area contributed by atoms with Crippen molar-refractivity contribution in [1.82, 2.24) is 0 Å². The van der Waals surface area contributed by atoms with Crippen LogP contribution in [-0.2, 0) is 5.41 Å². The van der Waals surface area contributed by atoms with Crippen LogP contribution < -0.4 is 9.47 Å². The van der Waals surface area contributed by atoms with Gasteiger partial charge in [-0.25, -0.2) is 4.39 Å². The monoisotopic (exact) mass is 242 g/mol. The maximum Gasteiger partial charge on any atom is 0.197 e. The Balaban J connectivity index is 3.51. The molecule has 0 saturated carbocycles. The van der Waals surface area contributed by atoms with Crippen LogP contribution in [0.1, 0.15) is 25.0 Å². The van der Waals surface area contributed by atoms with Gasteiger partial charge in [0.15, 0.2) is 17.3 Å².